The third-order valence-corrected chi connectivity index (χ3v) is 7.44. The van der Waals surface area contributed by atoms with E-state index in [-0.39, 0.29) is 25.3 Å². The van der Waals surface area contributed by atoms with Gasteiger partial charge in [0.15, 0.2) is 0 Å². The molecule has 1 aliphatic heterocycles. The van der Waals surface area contributed by atoms with Gasteiger partial charge in [0, 0.05) is 43.2 Å². The molecule has 0 fully saturated rings. The molecule has 0 aromatic heterocycles. The maximum absolute atomic E-state index is 9.32. The van der Waals surface area contributed by atoms with E-state index in [1.54, 1.807) is 0 Å². The van der Waals surface area contributed by atoms with E-state index in [9.17, 15) is 10.2 Å². The van der Waals surface area contributed by atoms with Crippen LogP contribution >= 0.6 is 0 Å². The molecule has 0 saturated heterocycles. The first kappa shape index (κ1) is 27.4. The van der Waals surface area contributed by atoms with Crippen LogP contribution in [0.1, 0.15) is 13.8 Å². The first-order valence-corrected chi connectivity index (χ1v) is 14.0. The minimum Gasteiger partial charge on any atom is -0.395 e. The Morgan fingerprint density at radius 1 is 0.825 bits per heavy atom. The van der Waals surface area contributed by atoms with Crippen molar-refractivity contribution in [1.82, 2.24) is 0 Å². The zero-order chi connectivity index (χ0) is 27.9. The Labute approximate surface area is 236 Å². The molecular weight excluding hydrogens is 500 g/mol. The third kappa shape index (κ3) is 5.88. The minimum absolute atomic E-state index is 0.0219. The van der Waals surface area contributed by atoms with Crippen molar-refractivity contribution in [1.29, 1.82) is 0 Å². The van der Waals surface area contributed by atoms with E-state index in [0.717, 1.165) is 47.2 Å². The lowest BCUT2D eigenvalue weighted by Gasteiger charge is -2.44. The van der Waals surface area contributed by atoms with Gasteiger partial charge in [-0.25, -0.2) is 0 Å². The van der Waals surface area contributed by atoms with Gasteiger partial charge in [-0.2, -0.15) is 10.2 Å². The molecule has 1 aliphatic carbocycles. The zero-order valence-corrected chi connectivity index (χ0v) is 23.2. The van der Waals surface area contributed by atoms with Crippen molar-refractivity contribution in [3.05, 3.63) is 96.7 Å². The van der Waals surface area contributed by atoms with Gasteiger partial charge in [0.25, 0.3) is 0 Å². The number of anilines is 5. The first-order chi connectivity index (χ1) is 19.6. The van der Waals surface area contributed by atoms with E-state index in [4.69, 9.17) is 0 Å². The first-order valence-electron chi connectivity index (χ1n) is 14.0. The van der Waals surface area contributed by atoms with Crippen LogP contribution in [0.3, 0.4) is 0 Å². The van der Waals surface area contributed by atoms with Gasteiger partial charge in [0.1, 0.15) is 0 Å². The second-order valence-electron chi connectivity index (χ2n) is 9.84. The fourth-order valence-corrected chi connectivity index (χ4v) is 5.41. The van der Waals surface area contributed by atoms with E-state index >= 15 is 0 Å². The molecule has 8 heteroatoms. The molecule has 2 atom stereocenters. The average molecular weight is 539 g/mol. The zero-order valence-electron chi connectivity index (χ0n) is 23.2. The van der Waals surface area contributed by atoms with Gasteiger partial charge >= 0.3 is 0 Å². The Hall–Kier alpha value is -4.14. The number of allylic oxidation sites excluding steroid dienone is 1. The Morgan fingerprint density at radius 3 is 2.20 bits per heavy atom. The van der Waals surface area contributed by atoms with Crippen LogP contribution < -0.4 is 20.0 Å². The number of benzene rings is 3. The molecular formula is C32H38N6O2. The number of azo groups is 1. The van der Waals surface area contributed by atoms with E-state index in [0.29, 0.717) is 13.1 Å². The highest BCUT2D eigenvalue weighted by Gasteiger charge is 2.34. The van der Waals surface area contributed by atoms with Crippen LogP contribution in [0.2, 0.25) is 0 Å². The van der Waals surface area contributed by atoms with Gasteiger partial charge in [0.05, 0.1) is 48.1 Å². The Balaban J connectivity index is 1.43. The van der Waals surface area contributed by atoms with Crippen molar-refractivity contribution in [3.8, 4) is 0 Å². The fraction of sp³-hybridized carbons (Fsp3) is 0.312. The molecule has 2 aliphatic rings. The number of hydrogen-bond donors (Lipinski definition) is 3. The summed E-state index contributed by atoms with van der Waals surface area (Å²) in [4.78, 5) is 6.70. The number of nitrogens with one attached hydrogen (secondary N) is 1. The van der Waals surface area contributed by atoms with Crippen molar-refractivity contribution >= 4 is 34.1 Å². The lowest BCUT2D eigenvalue weighted by atomic mass is 9.94. The molecule has 8 nitrogen and oxygen atoms in total. The molecule has 5 rings (SSSR count). The van der Waals surface area contributed by atoms with Gasteiger partial charge in [-0.3, -0.25) is 0 Å². The molecule has 3 aromatic carbocycles. The molecule has 3 aromatic rings. The minimum atomic E-state index is 0.0219. The number of fused-ring (bicyclic) bond motifs is 2. The average Bonchev–Trinajstić information content (AvgIpc) is 3.00. The van der Waals surface area contributed by atoms with Gasteiger partial charge < -0.3 is 30.2 Å². The number of nitrogens with zero attached hydrogens (tertiary/aromatic N) is 5. The normalized spacial score (nSPS) is 17.7. The van der Waals surface area contributed by atoms with Crippen LogP contribution in [0.15, 0.2) is 107 Å². The predicted octanol–water partition coefficient (Wildman–Crippen LogP) is 5.86. The summed E-state index contributed by atoms with van der Waals surface area (Å²) >= 11 is 0. The highest BCUT2D eigenvalue weighted by molar-refractivity contribution is 5.84. The molecule has 0 saturated carbocycles. The highest BCUT2D eigenvalue weighted by Crippen LogP contribution is 2.43. The van der Waals surface area contributed by atoms with Crippen LogP contribution in [0.25, 0.3) is 0 Å². The molecule has 0 bridgehead atoms. The largest absolute Gasteiger partial charge is 0.395 e. The number of aliphatic hydroxyl groups excluding tert-OH is 2. The van der Waals surface area contributed by atoms with E-state index in [1.807, 2.05) is 41.3 Å². The quantitative estimate of drug-likeness (QED) is 0.265. The molecule has 1 heterocycles. The van der Waals surface area contributed by atoms with Crippen molar-refractivity contribution < 1.29 is 10.2 Å². The molecule has 0 radical (unpaired) electrons. The maximum Gasteiger partial charge on any atom is 0.0858 e. The Bertz CT molecular complexity index is 1350. The summed E-state index contributed by atoms with van der Waals surface area (Å²) in [5, 5.41) is 31.5. The molecule has 3 N–H and O–H groups in total. The Kier molecular flexibility index (Phi) is 8.78. The molecule has 40 heavy (non-hydrogen) atoms. The lowest BCUT2D eigenvalue weighted by molar-refractivity contribution is 0.281. The number of hydrogen-bond acceptors (Lipinski definition) is 8. The maximum atomic E-state index is 9.32. The van der Waals surface area contributed by atoms with Crippen molar-refractivity contribution in [2.75, 3.05) is 59.4 Å². The van der Waals surface area contributed by atoms with Crippen molar-refractivity contribution in [2.24, 2.45) is 10.2 Å². The summed E-state index contributed by atoms with van der Waals surface area (Å²) in [7, 11) is 0. The number of rotatable bonds is 11. The van der Waals surface area contributed by atoms with Crippen LogP contribution in [0.4, 0.5) is 34.1 Å². The summed E-state index contributed by atoms with van der Waals surface area (Å²) in [6.07, 6.45) is 6.37. The van der Waals surface area contributed by atoms with Crippen molar-refractivity contribution in [3.63, 3.8) is 0 Å². The fourth-order valence-electron chi connectivity index (χ4n) is 5.41. The van der Waals surface area contributed by atoms with Crippen LogP contribution in [-0.4, -0.2) is 61.7 Å². The second-order valence-corrected chi connectivity index (χ2v) is 9.84. The molecule has 0 spiro atoms. The molecule has 208 valence electrons. The lowest BCUT2D eigenvalue weighted by Crippen LogP contribution is -2.47. The van der Waals surface area contributed by atoms with Crippen molar-refractivity contribution in [2.45, 2.75) is 25.9 Å². The number of para-hydroxylation sites is 1. The number of aliphatic hydroxyl groups is 2. The SMILES string of the molecule is CCN(CC)c1ccc2c(c1)N(c1ccccc1)C1C=C(/N=N/c3ccc(N(CCO)CCO)cc3)C=CC1N2. The summed E-state index contributed by atoms with van der Waals surface area (Å²) < 4.78 is 0. The van der Waals surface area contributed by atoms with Crippen LogP contribution in [-0.2, 0) is 0 Å². The predicted molar refractivity (Wildman–Crippen MR) is 164 cm³/mol. The smallest absolute Gasteiger partial charge is 0.0858 e. The summed E-state index contributed by atoms with van der Waals surface area (Å²) in [5.41, 5.74) is 7.07. The van der Waals surface area contributed by atoms with Crippen LogP contribution in [0, 0.1) is 0 Å². The van der Waals surface area contributed by atoms with E-state index in [1.165, 1.54) is 5.69 Å². The standard InChI is InChI=1S/C32H38N6O2/c1-3-36(4-2)28-15-17-30-32(23-28)38(27-8-6-5-7-9-27)31-22-25(12-16-29(31)33-30)35-34-24-10-13-26(14-11-24)37(18-20-39)19-21-40/h5-17,22-23,29,31,33,39-40H,3-4,18-21H2,1-2H3/b35-34+. The van der Waals surface area contributed by atoms with Gasteiger partial charge in [0.2, 0.25) is 0 Å². The second kappa shape index (κ2) is 12.8. The van der Waals surface area contributed by atoms with Gasteiger partial charge in [-0.05, 0) is 80.6 Å². The summed E-state index contributed by atoms with van der Waals surface area (Å²) in [5.74, 6) is 0. The van der Waals surface area contributed by atoms with E-state index < -0.39 is 0 Å². The van der Waals surface area contributed by atoms with Gasteiger partial charge in [-0.15, -0.1) is 0 Å². The third-order valence-electron chi connectivity index (χ3n) is 7.44. The monoisotopic (exact) mass is 538 g/mol. The van der Waals surface area contributed by atoms with E-state index in [2.05, 4.69) is 93.8 Å². The topological polar surface area (TPSA) is 86.9 Å². The molecule has 2 unspecified atom stereocenters. The molecule has 0 amide bonds. The highest BCUT2D eigenvalue weighted by atomic mass is 16.3. The Morgan fingerprint density at radius 2 is 1.52 bits per heavy atom. The summed E-state index contributed by atoms with van der Waals surface area (Å²) in [6.45, 7) is 7.27. The summed E-state index contributed by atoms with van der Waals surface area (Å²) in [6, 6.07) is 25.0. The van der Waals surface area contributed by atoms with Crippen LogP contribution in [0.5, 0.6) is 0 Å². The van der Waals surface area contributed by atoms with Gasteiger partial charge in [-0.1, -0.05) is 24.3 Å².